The van der Waals surface area contributed by atoms with E-state index in [0.29, 0.717) is 23.0 Å². The molecule has 2 aliphatic carbocycles. The van der Waals surface area contributed by atoms with Crippen LogP contribution in [0.2, 0.25) is 0 Å². The number of hydrogen-bond acceptors (Lipinski definition) is 12. The van der Waals surface area contributed by atoms with Crippen LogP contribution in [0.3, 0.4) is 0 Å². The van der Waals surface area contributed by atoms with E-state index in [9.17, 15) is 24.9 Å². The van der Waals surface area contributed by atoms with Crippen molar-refractivity contribution in [3.8, 4) is 11.5 Å². The van der Waals surface area contributed by atoms with E-state index in [2.05, 4.69) is 32.9 Å². The number of benzene rings is 2. The smallest absolute Gasteiger partial charge is 0.344 e. The van der Waals surface area contributed by atoms with E-state index >= 15 is 0 Å². The fourth-order valence-corrected chi connectivity index (χ4v) is 8.89. The number of aromatic hydroxyl groups is 1. The maximum atomic E-state index is 13.5. The largest absolute Gasteiger partial charge is 0.506 e. The number of aryl methyl sites for hydroxylation is 1. The van der Waals surface area contributed by atoms with Gasteiger partial charge in [0.25, 0.3) is 5.91 Å². The lowest BCUT2D eigenvalue weighted by Gasteiger charge is -2.37. The van der Waals surface area contributed by atoms with Crippen LogP contribution in [0.4, 0.5) is 15.1 Å². The highest BCUT2D eigenvalue weighted by molar-refractivity contribution is 7.10. The van der Waals surface area contributed by atoms with Crippen molar-refractivity contribution in [3.63, 3.8) is 0 Å². The highest BCUT2D eigenvalue weighted by Gasteiger charge is 2.49. The number of anilines is 1. The summed E-state index contributed by atoms with van der Waals surface area (Å²) in [5, 5.41) is 49.2. The number of carbonyl (C=O) groups is 2. The van der Waals surface area contributed by atoms with Crippen LogP contribution in [0.5, 0.6) is 11.5 Å². The van der Waals surface area contributed by atoms with Crippen molar-refractivity contribution in [2.24, 2.45) is 5.92 Å². The SMILES string of the molecule is CN(CCCn1nnc2cc(CNC[C@H](O)c3ccc(O)c4c3OCC(=O)N4)ccc21)[C@H]1CC[C@H](OC(=O)[C@](O)(c2cccs2)C2CCCC2)CC1.F.F. The van der Waals surface area contributed by atoms with Gasteiger partial charge in [0.1, 0.15) is 23.1 Å². The molecule has 7 rings (SSSR count). The molecule has 16 heteroatoms. The third-order valence-corrected chi connectivity index (χ3v) is 12.0. The summed E-state index contributed by atoms with van der Waals surface area (Å²) < 4.78 is 13.5. The molecule has 2 atom stereocenters. The van der Waals surface area contributed by atoms with E-state index in [1.165, 1.54) is 17.4 Å². The summed E-state index contributed by atoms with van der Waals surface area (Å²) in [6.45, 7) is 2.20. The summed E-state index contributed by atoms with van der Waals surface area (Å²) in [6.07, 6.45) is 7.08. The predicted molar refractivity (Wildman–Crippen MR) is 201 cm³/mol. The number of esters is 1. The molecule has 2 saturated carbocycles. The molecule has 3 heterocycles. The minimum atomic E-state index is -1.54. The normalized spacial score (nSPS) is 20.3. The number of amides is 1. The van der Waals surface area contributed by atoms with Gasteiger partial charge in [-0.15, -0.1) is 16.4 Å². The van der Waals surface area contributed by atoms with Crippen molar-refractivity contribution in [3.05, 3.63) is 63.8 Å². The van der Waals surface area contributed by atoms with E-state index in [1.54, 1.807) is 6.07 Å². The first kappa shape index (κ1) is 41.0. The lowest BCUT2D eigenvalue weighted by Crippen LogP contribution is -2.45. The molecule has 13 nitrogen and oxygen atoms in total. The Kier molecular flexibility index (Phi) is 13.6. The number of carbonyl (C=O) groups excluding carboxylic acids is 2. The number of nitrogens with one attached hydrogen (secondary N) is 2. The van der Waals surface area contributed by atoms with Gasteiger partial charge in [0.2, 0.25) is 0 Å². The number of aromatic nitrogens is 3. The monoisotopic (exact) mass is 772 g/mol. The van der Waals surface area contributed by atoms with Crippen molar-refractivity contribution in [2.45, 2.75) is 94.7 Å². The molecule has 1 aliphatic heterocycles. The molecule has 2 fully saturated rings. The van der Waals surface area contributed by atoms with Crippen LogP contribution < -0.4 is 15.4 Å². The second-order valence-electron chi connectivity index (χ2n) is 14.4. The van der Waals surface area contributed by atoms with Crippen LogP contribution >= 0.6 is 11.3 Å². The molecule has 0 radical (unpaired) electrons. The van der Waals surface area contributed by atoms with Crippen LogP contribution in [0.25, 0.3) is 11.0 Å². The number of thiophene rings is 1. The lowest BCUT2D eigenvalue weighted by molar-refractivity contribution is -0.180. The second kappa shape index (κ2) is 17.9. The van der Waals surface area contributed by atoms with Gasteiger partial charge in [-0.05, 0) is 99.8 Å². The molecule has 2 aromatic carbocycles. The Bertz CT molecular complexity index is 1870. The zero-order valence-corrected chi connectivity index (χ0v) is 31.1. The Balaban J connectivity index is 0.00000280. The molecule has 0 bridgehead atoms. The van der Waals surface area contributed by atoms with Crippen LogP contribution in [-0.2, 0) is 33.0 Å². The minimum Gasteiger partial charge on any atom is -0.506 e. The van der Waals surface area contributed by atoms with Crippen molar-refractivity contribution in [2.75, 3.05) is 32.1 Å². The zero-order valence-electron chi connectivity index (χ0n) is 30.3. The highest BCUT2D eigenvalue weighted by Crippen LogP contribution is 2.44. The van der Waals surface area contributed by atoms with Gasteiger partial charge < -0.3 is 40.3 Å². The molecule has 0 saturated heterocycles. The minimum absolute atomic E-state index is 0. The Hall–Kier alpha value is -4.22. The number of rotatable bonds is 14. The standard InChI is InChI=1S/C38H48N6O7S.2FH/c1-43(26-10-12-27(13-11-26)51-37(48)38(49,25-6-2-3-7-25)33-8-4-19-52-33)17-5-18-44-30-15-9-24(20-29(30)41-42-44)21-39-22-32(46)28-14-16-31(45)35-36(28)50-23-34(47)40-35;;/h4,8-9,14-16,19-20,25-27,32,39,45-46,49H,2-3,5-7,10-13,17-18,21-23H2,1H3,(H,40,47);2*1H/t26-,27-,32-,38+;;/m0../s1. The summed E-state index contributed by atoms with van der Waals surface area (Å²) >= 11 is 1.43. The number of aliphatic hydroxyl groups excluding tert-OH is 1. The molecule has 3 aliphatic rings. The van der Waals surface area contributed by atoms with Crippen LogP contribution in [-0.4, -0.2) is 86.0 Å². The molecule has 2 aromatic heterocycles. The molecule has 4 aromatic rings. The maximum absolute atomic E-state index is 13.5. The second-order valence-corrected chi connectivity index (χ2v) is 15.3. The summed E-state index contributed by atoms with van der Waals surface area (Å²) in [4.78, 5) is 28.2. The fourth-order valence-electron chi connectivity index (χ4n) is 8.00. The summed E-state index contributed by atoms with van der Waals surface area (Å²) in [5.74, 6) is -0.746. The van der Waals surface area contributed by atoms with Gasteiger partial charge in [-0.25, -0.2) is 9.48 Å². The van der Waals surface area contributed by atoms with E-state index < -0.39 is 17.7 Å². The first-order valence-corrected chi connectivity index (χ1v) is 19.3. The molecule has 54 heavy (non-hydrogen) atoms. The van der Waals surface area contributed by atoms with Gasteiger partial charge in [0, 0.05) is 42.0 Å². The van der Waals surface area contributed by atoms with Gasteiger partial charge in [0.05, 0.1) is 11.6 Å². The molecular formula is C38H50F2N6O7S. The van der Waals surface area contributed by atoms with Crippen molar-refractivity contribution in [1.82, 2.24) is 25.2 Å². The Morgan fingerprint density at radius 1 is 1.15 bits per heavy atom. The van der Waals surface area contributed by atoms with E-state index in [4.69, 9.17) is 9.47 Å². The first-order valence-electron chi connectivity index (χ1n) is 18.4. The molecule has 0 spiro atoms. The average Bonchev–Trinajstić information content (AvgIpc) is 3.96. The Labute approximate surface area is 316 Å². The van der Waals surface area contributed by atoms with Gasteiger partial charge in [-0.2, -0.15) is 0 Å². The predicted octanol–water partition coefficient (Wildman–Crippen LogP) is 4.91. The van der Waals surface area contributed by atoms with Crippen LogP contribution in [0.15, 0.2) is 47.8 Å². The van der Waals surface area contributed by atoms with Crippen molar-refractivity contribution in [1.29, 1.82) is 0 Å². The van der Waals surface area contributed by atoms with Gasteiger partial charge >= 0.3 is 5.97 Å². The van der Waals surface area contributed by atoms with E-state index in [1.807, 2.05) is 40.4 Å². The fraction of sp³-hybridized carbons (Fsp3) is 0.526. The first-order chi connectivity index (χ1) is 25.2. The van der Waals surface area contributed by atoms with Gasteiger partial charge in [0.15, 0.2) is 18.0 Å². The lowest BCUT2D eigenvalue weighted by atomic mass is 9.84. The molecule has 5 N–H and O–H groups in total. The number of nitrogens with zero attached hydrogens (tertiary/aromatic N) is 4. The molecule has 0 unspecified atom stereocenters. The maximum Gasteiger partial charge on any atom is 0.344 e. The summed E-state index contributed by atoms with van der Waals surface area (Å²) in [6, 6.07) is 13.2. The number of phenolic OH excluding ortho intramolecular Hbond substituents is 1. The Morgan fingerprint density at radius 2 is 1.93 bits per heavy atom. The average molecular weight is 773 g/mol. The number of fused-ring (bicyclic) bond motifs is 2. The van der Waals surface area contributed by atoms with Gasteiger partial charge in [-0.3, -0.25) is 14.2 Å². The molecular weight excluding hydrogens is 723 g/mol. The van der Waals surface area contributed by atoms with Crippen molar-refractivity contribution < 1.29 is 43.8 Å². The summed E-state index contributed by atoms with van der Waals surface area (Å²) in [5.41, 5.74) is 1.88. The number of phenols is 1. The van der Waals surface area contributed by atoms with E-state index in [0.717, 1.165) is 87.5 Å². The molecule has 1 amide bonds. The molecule has 294 valence electrons. The van der Waals surface area contributed by atoms with Crippen LogP contribution in [0, 0.1) is 5.92 Å². The number of hydrogen-bond donors (Lipinski definition) is 5. The van der Waals surface area contributed by atoms with E-state index in [-0.39, 0.29) is 57.7 Å². The Morgan fingerprint density at radius 3 is 2.67 bits per heavy atom. The summed E-state index contributed by atoms with van der Waals surface area (Å²) in [7, 11) is 2.16. The third-order valence-electron chi connectivity index (χ3n) is 11.0. The number of halogens is 2. The third kappa shape index (κ3) is 8.68. The number of ether oxygens (including phenoxy) is 2. The topological polar surface area (TPSA) is 171 Å². The quantitative estimate of drug-likeness (QED) is 0.0872. The van der Waals surface area contributed by atoms with Gasteiger partial charge in [-0.1, -0.05) is 30.2 Å². The number of aliphatic hydroxyl groups is 2. The van der Waals surface area contributed by atoms with Crippen molar-refractivity contribution >= 4 is 39.9 Å². The van der Waals surface area contributed by atoms with Crippen LogP contribution in [0.1, 0.15) is 79.9 Å². The zero-order chi connectivity index (χ0) is 36.2. The highest BCUT2D eigenvalue weighted by atomic mass is 32.1.